The number of amides is 2. The van der Waals surface area contributed by atoms with Crippen molar-refractivity contribution in [3.8, 4) is 0 Å². The molecule has 3 rings (SSSR count). The van der Waals surface area contributed by atoms with Crippen LogP contribution in [0.1, 0.15) is 18.1 Å². The van der Waals surface area contributed by atoms with Crippen LogP contribution in [0, 0.1) is 0 Å². The van der Waals surface area contributed by atoms with Crippen LogP contribution in [-0.2, 0) is 22.6 Å². The molecule has 4 nitrogen and oxygen atoms in total. The lowest BCUT2D eigenvalue weighted by Gasteiger charge is -2.23. The summed E-state index contributed by atoms with van der Waals surface area (Å²) < 4.78 is 0.975. The fourth-order valence-electron chi connectivity index (χ4n) is 2.94. The Morgan fingerprint density at radius 2 is 2.00 bits per heavy atom. The third-order valence-electron chi connectivity index (χ3n) is 3.97. The molecule has 118 valence electrons. The minimum absolute atomic E-state index is 0.113. The number of fused-ring (bicyclic) bond motifs is 1. The average Bonchev–Trinajstić information content (AvgIpc) is 2.92. The van der Waals surface area contributed by atoms with Crippen molar-refractivity contribution in [3.05, 3.63) is 64.1 Å². The van der Waals surface area contributed by atoms with Gasteiger partial charge in [0, 0.05) is 30.0 Å². The Kier molecular flexibility index (Phi) is 4.48. The van der Waals surface area contributed by atoms with E-state index in [1.807, 2.05) is 48.5 Å². The molecule has 1 aliphatic rings. The van der Waals surface area contributed by atoms with Gasteiger partial charge in [0.2, 0.25) is 11.8 Å². The van der Waals surface area contributed by atoms with Gasteiger partial charge in [0.25, 0.3) is 0 Å². The highest BCUT2D eigenvalue weighted by molar-refractivity contribution is 9.10. The number of halogens is 1. The zero-order chi connectivity index (χ0) is 16.4. The quantitative estimate of drug-likeness (QED) is 0.899. The molecule has 1 aliphatic heterocycles. The maximum Gasteiger partial charge on any atom is 0.243 e. The number of para-hydroxylation sites is 1. The Labute approximate surface area is 143 Å². The van der Waals surface area contributed by atoms with Crippen LogP contribution in [0.3, 0.4) is 0 Å². The van der Waals surface area contributed by atoms with Crippen LogP contribution in [0.5, 0.6) is 0 Å². The van der Waals surface area contributed by atoms with E-state index in [9.17, 15) is 9.59 Å². The molecule has 1 atom stereocenters. The number of hydrogen-bond acceptors (Lipinski definition) is 2. The zero-order valence-corrected chi connectivity index (χ0v) is 14.3. The van der Waals surface area contributed by atoms with Crippen molar-refractivity contribution in [2.24, 2.45) is 0 Å². The minimum Gasteiger partial charge on any atom is -0.350 e. The first-order valence-electron chi connectivity index (χ1n) is 7.46. The summed E-state index contributed by atoms with van der Waals surface area (Å²) in [5.74, 6) is -0.242. The SMILES string of the molecule is CC(=O)N1c2ccccc2C[C@H]1C(=O)NCc1cccc(Br)c1. The molecule has 0 bridgehead atoms. The molecule has 0 spiro atoms. The Morgan fingerprint density at radius 3 is 2.74 bits per heavy atom. The van der Waals surface area contributed by atoms with Crippen LogP contribution < -0.4 is 10.2 Å². The molecule has 2 aromatic carbocycles. The monoisotopic (exact) mass is 372 g/mol. The number of nitrogens with one attached hydrogen (secondary N) is 1. The third-order valence-corrected chi connectivity index (χ3v) is 4.47. The van der Waals surface area contributed by atoms with Gasteiger partial charge >= 0.3 is 0 Å². The summed E-state index contributed by atoms with van der Waals surface area (Å²) in [6.07, 6.45) is 0.556. The molecular weight excluding hydrogens is 356 g/mol. The number of hydrogen-bond donors (Lipinski definition) is 1. The van der Waals surface area contributed by atoms with Gasteiger partial charge in [0.05, 0.1) is 0 Å². The molecule has 1 N–H and O–H groups in total. The van der Waals surface area contributed by atoms with Crippen molar-refractivity contribution in [2.75, 3.05) is 4.90 Å². The maximum atomic E-state index is 12.6. The molecule has 5 heteroatoms. The lowest BCUT2D eigenvalue weighted by atomic mass is 10.1. The van der Waals surface area contributed by atoms with Gasteiger partial charge in [-0.05, 0) is 29.3 Å². The van der Waals surface area contributed by atoms with Gasteiger partial charge in [-0.2, -0.15) is 0 Å². The first kappa shape index (κ1) is 15.7. The predicted molar refractivity (Wildman–Crippen MR) is 93.1 cm³/mol. The Hall–Kier alpha value is -2.14. The van der Waals surface area contributed by atoms with Crippen molar-refractivity contribution in [2.45, 2.75) is 25.9 Å². The van der Waals surface area contributed by atoms with E-state index in [0.29, 0.717) is 13.0 Å². The Bertz CT molecular complexity index is 760. The normalized spacial score (nSPS) is 16.1. The standard InChI is InChI=1S/C18H17BrN2O2/c1-12(22)21-16-8-3-2-6-14(16)10-17(21)18(23)20-11-13-5-4-7-15(19)9-13/h2-9,17H,10-11H2,1H3,(H,20,23)/t17-/m0/s1. The van der Waals surface area contributed by atoms with Gasteiger partial charge in [-0.3, -0.25) is 14.5 Å². The number of carbonyl (C=O) groups is 2. The van der Waals surface area contributed by atoms with Gasteiger partial charge in [-0.1, -0.05) is 46.3 Å². The van der Waals surface area contributed by atoms with E-state index in [1.165, 1.54) is 6.92 Å². The smallest absolute Gasteiger partial charge is 0.243 e. The van der Waals surface area contributed by atoms with Crippen molar-refractivity contribution >= 4 is 33.4 Å². The second-order valence-corrected chi connectivity index (χ2v) is 6.50. The number of rotatable bonds is 3. The second kappa shape index (κ2) is 6.54. The number of nitrogens with zero attached hydrogens (tertiary/aromatic N) is 1. The van der Waals surface area contributed by atoms with Crippen LogP contribution in [0.15, 0.2) is 53.0 Å². The highest BCUT2D eigenvalue weighted by Crippen LogP contribution is 2.32. The van der Waals surface area contributed by atoms with E-state index < -0.39 is 6.04 Å². The number of carbonyl (C=O) groups excluding carboxylic acids is 2. The zero-order valence-electron chi connectivity index (χ0n) is 12.8. The molecule has 2 amide bonds. The van der Waals surface area contributed by atoms with E-state index in [1.54, 1.807) is 4.90 Å². The summed E-state index contributed by atoms with van der Waals surface area (Å²) in [6, 6.07) is 15.0. The van der Waals surface area contributed by atoms with Crippen molar-refractivity contribution in [1.82, 2.24) is 5.32 Å². The van der Waals surface area contributed by atoms with Crippen LogP contribution in [-0.4, -0.2) is 17.9 Å². The molecule has 0 unspecified atom stereocenters. The van der Waals surface area contributed by atoms with Crippen LogP contribution in [0.25, 0.3) is 0 Å². The third kappa shape index (κ3) is 3.29. The van der Waals surface area contributed by atoms with E-state index in [2.05, 4.69) is 21.2 Å². The molecule has 2 aromatic rings. The summed E-state index contributed by atoms with van der Waals surface area (Å²) in [6.45, 7) is 1.94. The van der Waals surface area contributed by atoms with Crippen LogP contribution in [0.2, 0.25) is 0 Å². The topological polar surface area (TPSA) is 49.4 Å². The lowest BCUT2D eigenvalue weighted by molar-refractivity contribution is -0.125. The molecule has 0 saturated carbocycles. The summed E-state index contributed by atoms with van der Waals surface area (Å²) in [5, 5.41) is 2.93. The van der Waals surface area contributed by atoms with Gasteiger partial charge < -0.3 is 5.32 Å². The van der Waals surface area contributed by atoms with E-state index in [-0.39, 0.29) is 11.8 Å². The summed E-state index contributed by atoms with van der Waals surface area (Å²) >= 11 is 3.42. The maximum absolute atomic E-state index is 12.6. The summed E-state index contributed by atoms with van der Waals surface area (Å²) in [7, 11) is 0. The Morgan fingerprint density at radius 1 is 1.22 bits per heavy atom. The average molecular weight is 373 g/mol. The molecule has 0 radical (unpaired) electrons. The molecule has 23 heavy (non-hydrogen) atoms. The summed E-state index contributed by atoms with van der Waals surface area (Å²) in [5.41, 5.74) is 2.88. The number of benzene rings is 2. The van der Waals surface area contributed by atoms with Gasteiger partial charge in [0.15, 0.2) is 0 Å². The Balaban J connectivity index is 1.73. The fraction of sp³-hybridized carbons (Fsp3) is 0.222. The van der Waals surface area contributed by atoms with Gasteiger partial charge in [0.1, 0.15) is 6.04 Å². The first-order chi connectivity index (χ1) is 11.1. The highest BCUT2D eigenvalue weighted by Gasteiger charge is 2.36. The molecular formula is C18H17BrN2O2. The van der Waals surface area contributed by atoms with E-state index in [4.69, 9.17) is 0 Å². The van der Waals surface area contributed by atoms with Gasteiger partial charge in [-0.15, -0.1) is 0 Å². The second-order valence-electron chi connectivity index (χ2n) is 5.59. The minimum atomic E-state index is -0.475. The van der Waals surface area contributed by atoms with Crippen LogP contribution >= 0.6 is 15.9 Å². The molecule has 0 aliphatic carbocycles. The fourth-order valence-corrected chi connectivity index (χ4v) is 3.39. The predicted octanol–water partition coefficient (Wildman–Crippen LogP) is 3.04. The molecule has 0 aromatic heterocycles. The van der Waals surface area contributed by atoms with E-state index in [0.717, 1.165) is 21.3 Å². The molecule has 1 heterocycles. The lowest BCUT2D eigenvalue weighted by Crippen LogP contribution is -2.47. The van der Waals surface area contributed by atoms with Crippen molar-refractivity contribution in [3.63, 3.8) is 0 Å². The molecule has 0 fully saturated rings. The highest BCUT2D eigenvalue weighted by atomic mass is 79.9. The summed E-state index contributed by atoms with van der Waals surface area (Å²) in [4.78, 5) is 26.1. The van der Waals surface area contributed by atoms with Crippen LogP contribution in [0.4, 0.5) is 5.69 Å². The molecule has 0 saturated heterocycles. The van der Waals surface area contributed by atoms with Gasteiger partial charge in [-0.25, -0.2) is 0 Å². The van der Waals surface area contributed by atoms with Crippen molar-refractivity contribution in [1.29, 1.82) is 0 Å². The largest absolute Gasteiger partial charge is 0.350 e. The first-order valence-corrected chi connectivity index (χ1v) is 8.25. The number of anilines is 1. The van der Waals surface area contributed by atoms with Crippen molar-refractivity contribution < 1.29 is 9.59 Å². The van der Waals surface area contributed by atoms with E-state index >= 15 is 0 Å².